The van der Waals surface area contributed by atoms with Gasteiger partial charge in [0, 0.05) is 44.0 Å². The van der Waals surface area contributed by atoms with Gasteiger partial charge in [-0.05, 0) is 31.0 Å². The van der Waals surface area contributed by atoms with Crippen LogP contribution in [0, 0.1) is 0 Å². The maximum atomic E-state index is 12.6. The zero-order valence-electron chi connectivity index (χ0n) is 14.0. The molecule has 0 aliphatic carbocycles. The van der Waals surface area contributed by atoms with Gasteiger partial charge in [-0.3, -0.25) is 9.78 Å². The highest BCUT2D eigenvalue weighted by molar-refractivity contribution is 5.92. The summed E-state index contributed by atoms with van der Waals surface area (Å²) in [7, 11) is 2.19. The van der Waals surface area contributed by atoms with Crippen molar-refractivity contribution in [3.8, 4) is 0 Å². The third-order valence-corrected chi connectivity index (χ3v) is 5.39. The molecule has 2 aliphatic heterocycles. The van der Waals surface area contributed by atoms with Crippen molar-refractivity contribution in [1.29, 1.82) is 0 Å². The van der Waals surface area contributed by atoms with E-state index in [1.807, 2.05) is 4.90 Å². The molecule has 1 aromatic heterocycles. The molecule has 0 unspecified atom stereocenters. The van der Waals surface area contributed by atoms with Crippen LogP contribution in [0.5, 0.6) is 0 Å². The molecule has 0 bridgehead atoms. The second-order valence-corrected chi connectivity index (χ2v) is 6.99. The predicted molar refractivity (Wildman–Crippen MR) is 91.6 cm³/mol. The first-order valence-electron chi connectivity index (χ1n) is 8.50. The first kappa shape index (κ1) is 15.3. The Labute approximate surface area is 142 Å². The molecule has 1 saturated heterocycles. The SMILES string of the molecule is CN1Cc2ccccc2C2(CCN(C(=O)c3cnccn3)CC2)C1. The fourth-order valence-corrected chi connectivity index (χ4v) is 4.26. The van der Waals surface area contributed by atoms with Crippen LogP contribution in [0.25, 0.3) is 0 Å². The van der Waals surface area contributed by atoms with E-state index in [9.17, 15) is 4.79 Å². The van der Waals surface area contributed by atoms with Gasteiger partial charge in [0.1, 0.15) is 5.69 Å². The summed E-state index contributed by atoms with van der Waals surface area (Å²) in [6.45, 7) is 3.63. The van der Waals surface area contributed by atoms with E-state index < -0.39 is 0 Å². The molecule has 0 saturated carbocycles. The normalized spacial score (nSPS) is 20.0. The van der Waals surface area contributed by atoms with Crippen molar-refractivity contribution >= 4 is 5.91 Å². The van der Waals surface area contributed by atoms with Gasteiger partial charge in [0.05, 0.1) is 6.20 Å². The van der Waals surface area contributed by atoms with Gasteiger partial charge in [-0.2, -0.15) is 0 Å². The van der Waals surface area contributed by atoms with Crippen molar-refractivity contribution in [3.63, 3.8) is 0 Å². The molecule has 1 spiro atoms. The Morgan fingerprint density at radius 1 is 1.17 bits per heavy atom. The van der Waals surface area contributed by atoms with Crippen LogP contribution in [0.4, 0.5) is 0 Å². The number of benzene rings is 1. The number of fused-ring (bicyclic) bond motifs is 2. The van der Waals surface area contributed by atoms with Crippen molar-refractivity contribution in [2.45, 2.75) is 24.8 Å². The van der Waals surface area contributed by atoms with Crippen molar-refractivity contribution in [2.24, 2.45) is 0 Å². The molecule has 3 heterocycles. The molecule has 124 valence electrons. The number of rotatable bonds is 1. The molecule has 1 fully saturated rings. The molecule has 2 aliphatic rings. The number of piperidine rings is 1. The summed E-state index contributed by atoms with van der Waals surface area (Å²) in [6, 6.07) is 8.79. The number of carbonyl (C=O) groups is 1. The minimum atomic E-state index is -0.00426. The minimum absolute atomic E-state index is 0.00426. The molecule has 0 radical (unpaired) electrons. The summed E-state index contributed by atoms with van der Waals surface area (Å²) in [5, 5.41) is 0. The highest BCUT2D eigenvalue weighted by atomic mass is 16.2. The molecule has 2 aromatic rings. The van der Waals surface area contributed by atoms with Crippen LogP contribution in [0.1, 0.15) is 34.5 Å². The van der Waals surface area contributed by atoms with Crippen LogP contribution in [0.2, 0.25) is 0 Å². The predicted octanol–water partition coefficient (Wildman–Crippen LogP) is 2.10. The van der Waals surface area contributed by atoms with Gasteiger partial charge in [0.2, 0.25) is 0 Å². The van der Waals surface area contributed by atoms with E-state index in [1.165, 1.54) is 11.1 Å². The number of amides is 1. The maximum Gasteiger partial charge on any atom is 0.274 e. The third-order valence-electron chi connectivity index (χ3n) is 5.39. The van der Waals surface area contributed by atoms with Crippen LogP contribution >= 0.6 is 0 Å². The number of likely N-dealkylation sites (tertiary alicyclic amines) is 1. The van der Waals surface area contributed by atoms with Crippen LogP contribution in [0.3, 0.4) is 0 Å². The lowest BCUT2D eigenvalue weighted by Gasteiger charge is -2.48. The second-order valence-electron chi connectivity index (χ2n) is 6.99. The van der Waals surface area contributed by atoms with Gasteiger partial charge in [-0.1, -0.05) is 24.3 Å². The summed E-state index contributed by atoms with van der Waals surface area (Å²) in [6.07, 6.45) is 6.72. The highest BCUT2D eigenvalue weighted by Gasteiger charge is 2.41. The Hall–Kier alpha value is -2.27. The zero-order valence-corrected chi connectivity index (χ0v) is 14.0. The van der Waals surface area contributed by atoms with E-state index >= 15 is 0 Å². The summed E-state index contributed by atoms with van der Waals surface area (Å²) in [4.78, 5) is 25.1. The zero-order chi connectivity index (χ0) is 16.6. The first-order valence-corrected chi connectivity index (χ1v) is 8.50. The minimum Gasteiger partial charge on any atom is -0.337 e. The largest absolute Gasteiger partial charge is 0.337 e. The van der Waals surface area contributed by atoms with Crippen molar-refractivity contribution < 1.29 is 4.79 Å². The summed E-state index contributed by atoms with van der Waals surface area (Å²) >= 11 is 0. The van der Waals surface area contributed by atoms with Gasteiger partial charge in [0.15, 0.2) is 0 Å². The van der Waals surface area contributed by atoms with E-state index in [0.717, 1.165) is 39.0 Å². The fourth-order valence-electron chi connectivity index (χ4n) is 4.26. The van der Waals surface area contributed by atoms with Crippen LogP contribution in [-0.4, -0.2) is 52.4 Å². The quantitative estimate of drug-likeness (QED) is 0.807. The van der Waals surface area contributed by atoms with Gasteiger partial charge in [-0.15, -0.1) is 0 Å². The number of carbonyl (C=O) groups excluding carboxylic acids is 1. The first-order chi connectivity index (χ1) is 11.7. The number of aromatic nitrogens is 2. The lowest BCUT2D eigenvalue weighted by molar-refractivity contribution is 0.0608. The molecule has 1 aromatic carbocycles. The molecule has 4 rings (SSSR count). The number of hydrogen-bond acceptors (Lipinski definition) is 4. The Bertz CT molecular complexity index is 738. The van der Waals surface area contributed by atoms with Gasteiger partial charge in [-0.25, -0.2) is 4.98 Å². The molecular formula is C19H22N4O. The summed E-state index contributed by atoms with van der Waals surface area (Å²) < 4.78 is 0. The number of likely N-dealkylation sites (N-methyl/N-ethyl adjacent to an activating group) is 1. The van der Waals surface area contributed by atoms with Gasteiger partial charge >= 0.3 is 0 Å². The molecule has 0 atom stereocenters. The standard InChI is InChI=1S/C19H22N4O/c1-22-13-15-4-2-3-5-16(15)19(14-22)6-10-23(11-7-19)18(24)17-12-20-8-9-21-17/h2-5,8-9,12H,6-7,10-11,13-14H2,1H3. The van der Waals surface area contributed by atoms with Crippen LogP contribution in [0.15, 0.2) is 42.9 Å². The fraction of sp³-hybridized carbons (Fsp3) is 0.421. The lowest BCUT2D eigenvalue weighted by Crippen LogP contribution is -2.52. The average molecular weight is 322 g/mol. The molecular weight excluding hydrogens is 300 g/mol. The van der Waals surface area contributed by atoms with Gasteiger partial charge < -0.3 is 9.80 Å². The second kappa shape index (κ2) is 5.98. The van der Waals surface area contributed by atoms with E-state index in [2.05, 4.69) is 46.2 Å². The Morgan fingerprint density at radius 3 is 2.71 bits per heavy atom. The molecule has 24 heavy (non-hydrogen) atoms. The summed E-state index contributed by atoms with van der Waals surface area (Å²) in [5.41, 5.74) is 3.52. The molecule has 0 N–H and O–H groups in total. The number of hydrogen-bond donors (Lipinski definition) is 0. The smallest absolute Gasteiger partial charge is 0.274 e. The maximum absolute atomic E-state index is 12.6. The average Bonchev–Trinajstić information content (AvgIpc) is 2.62. The van der Waals surface area contributed by atoms with Crippen LogP contribution in [-0.2, 0) is 12.0 Å². The van der Waals surface area contributed by atoms with Crippen molar-refractivity contribution in [1.82, 2.24) is 19.8 Å². The molecule has 5 nitrogen and oxygen atoms in total. The Kier molecular flexibility index (Phi) is 3.81. The Morgan fingerprint density at radius 2 is 1.96 bits per heavy atom. The van der Waals surface area contributed by atoms with Crippen molar-refractivity contribution in [2.75, 3.05) is 26.7 Å². The van der Waals surface area contributed by atoms with Crippen LogP contribution < -0.4 is 0 Å². The monoisotopic (exact) mass is 322 g/mol. The topological polar surface area (TPSA) is 49.3 Å². The van der Waals surface area contributed by atoms with E-state index in [-0.39, 0.29) is 11.3 Å². The third kappa shape index (κ3) is 2.59. The molecule has 1 amide bonds. The number of nitrogens with zero attached hydrogens (tertiary/aromatic N) is 4. The lowest BCUT2D eigenvalue weighted by atomic mass is 9.69. The van der Waals surface area contributed by atoms with E-state index in [0.29, 0.717) is 5.69 Å². The summed E-state index contributed by atoms with van der Waals surface area (Å²) in [5.74, 6) is -0.00426. The Balaban J connectivity index is 1.55. The van der Waals surface area contributed by atoms with E-state index in [4.69, 9.17) is 0 Å². The van der Waals surface area contributed by atoms with Crippen molar-refractivity contribution in [3.05, 3.63) is 59.7 Å². The highest BCUT2D eigenvalue weighted by Crippen LogP contribution is 2.41. The van der Waals surface area contributed by atoms with E-state index in [1.54, 1.807) is 18.6 Å². The van der Waals surface area contributed by atoms with Gasteiger partial charge in [0.25, 0.3) is 5.91 Å². The molecule has 5 heteroatoms.